The number of sulfonamides is 1. The Bertz CT molecular complexity index is 577. The highest BCUT2D eigenvalue weighted by Crippen LogP contribution is 2.30. The summed E-state index contributed by atoms with van der Waals surface area (Å²) in [6.07, 6.45) is -3.23. The van der Waals surface area contributed by atoms with E-state index in [1.807, 2.05) is 0 Å². The van der Waals surface area contributed by atoms with Crippen LogP contribution in [0.25, 0.3) is 0 Å². The van der Waals surface area contributed by atoms with Gasteiger partial charge < -0.3 is 0 Å². The highest BCUT2D eigenvalue weighted by atomic mass is 127. The summed E-state index contributed by atoms with van der Waals surface area (Å²) in [4.78, 5) is 12.8. The maximum absolute atomic E-state index is 12.5. The van der Waals surface area contributed by atoms with Gasteiger partial charge in [-0.3, -0.25) is 10.1 Å². The number of primary sulfonamides is 1. The van der Waals surface area contributed by atoms with Crippen LogP contribution in [0.2, 0.25) is 0 Å². The highest BCUT2D eigenvalue weighted by Gasteiger charge is 2.28. The molecule has 2 N–H and O–H groups in total. The Hall–Kier alpha value is -0.950. The topological polar surface area (TPSA) is 116 Å². The summed E-state index contributed by atoms with van der Waals surface area (Å²) in [7, 11) is -4.46. The molecule has 17 heavy (non-hydrogen) atoms. The van der Waals surface area contributed by atoms with Gasteiger partial charge in [0.25, 0.3) is 16.4 Å². The number of rotatable bonds is 3. The lowest BCUT2D eigenvalue weighted by Crippen LogP contribution is -2.18. The van der Waals surface area contributed by atoms with Crippen LogP contribution in [0.5, 0.6) is 0 Å². The minimum atomic E-state index is -4.46. The molecule has 1 rings (SSSR count). The van der Waals surface area contributed by atoms with Crippen molar-refractivity contribution in [2.24, 2.45) is 5.14 Å². The largest absolute Gasteiger partial charge is 0.301 e. The molecule has 0 fully saturated rings. The van der Waals surface area contributed by atoms with E-state index in [1.165, 1.54) is 22.6 Å². The summed E-state index contributed by atoms with van der Waals surface area (Å²) in [6, 6.07) is 0.458. The van der Waals surface area contributed by atoms with Gasteiger partial charge in [-0.25, -0.2) is 27.3 Å². The number of nitrogens with two attached hydrogens (primary N) is 1. The second-order valence-corrected chi connectivity index (χ2v) is 5.29. The zero-order chi connectivity index (χ0) is 13.4. The summed E-state index contributed by atoms with van der Waals surface area (Å²) >= 11 is 1.36. The maximum atomic E-state index is 12.5. The third kappa shape index (κ3) is 3.04. The molecule has 0 aliphatic rings. The Morgan fingerprint density at radius 1 is 1.53 bits per heavy atom. The molecule has 1 aromatic rings. The number of nitro groups is 1. The summed E-state index contributed by atoms with van der Waals surface area (Å²) < 4.78 is 46.8. The van der Waals surface area contributed by atoms with Gasteiger partial charge in [-0.2, -0.15) is 0 Å². The van der Waals surface area contributed by atoms with E-state index >= 15 is 0 Å². The molecule has 0 saturated heterocycles. The first-order valence-corrected chi connectivity index (χ1v) is 6.43. The Morgan fingerprint density at radius 3 is 2.41 bits per heavy atom. The van der Waals surface area contributed by atoms with Crippen molar-refractivity contribution >= 4 is 38.3 Å². The van der Waals surface area contributed by atoms with Crippen molar-refractivity contribution in [1.29, 1.82) is 0 Å². The van der Waals surface area contributed by atoms with E-state index in [0.717, 1.165) is 0 Å². The van der Waals surface area contributed by atoms with Crippen molar-refractivity contribution in [3.63, 3.8) is 0 Å². The van der Waals surface area contributed by atoms with Crippen LogP contribution in [0.4, 0.5) is 14.5 Å². The Kier molecular flexibility index (Phi) is 3.93. The molecule has 0 amide bonds. The fraction of sp³-hybridized carbons (Fsp3) is 0.167. The van der Waals surface area contributed by atoms with Gasteiger partial charge in [0.2, 0.25) is 0 Å². The molecule has 94 valence electrons. The smallest absolute Gasteiger partial charge is 0.258 e. The van der Waals surface area contributed by atoms with Crippen LogP contribution in [0, 0.1) is 13.8 Å². The zero-order valence-corrected chi connectivity index (χ0v) is 10.8. The standard InChI is InChI=1S/C6H4F2IN3O4S/c7-4(8)2-1-3(12(13)14)5(9)11-6(2)17(10,15)16/h1,4H,(H2,10,15,16). The van der Waals surface area contributed by atoms with Gasteiger partial charge in [-0.1, -0.05) is 0 Å². The average Bonchev–Trinajstić information content (AvgIpc) is 2.14. The third-order valence-corrected chi connectivity index (χ3v) is 3.31. The van der Waals surface area contributed by atoms with E-state index in [1.54, 1.807) is 0 Å². The molecule has 0 aliphatic carbocycles. The van der Waals surface area contributed by atoms with E-state index < -0.39 is 37.6 Å². The molecule has 0 saturated carbocycles. The maximum Gasteiger partial charge on any atom is 0.301 e. The molecule has 7 nitrogen and oxygen atoms in total. The summed E-state index contributed by atoms with van der Waals surface area (Å²) in [5.74, 6) is 0. The molecule has 0 spiro atoms. The van der Waals surface area contributed by atoms with Crippen molar-refractivity contribution < 1.29 is 22.1 Å². The van der Waals surface area contributed by atoms with Crippen LogP contribution in [0.1, 0.15) is 12.0 Å². The molecule has 0 unspecified atom stereocenters. The zero-order valence-electron chi connectivity index (χ0n) is 7.80. The molecular weight excluding hydrogens is 375 g/mol. The molecule has 11 heteroatoms. The molecule has 0 aliphatic heterocycles. The van der Waals surface area contributed by atoms with E-state index in [-0.39, 0.29) is 3.70 Å². The van der Waals surface area contributed by atoms with Crippen molar-refractivity contribution in [3.8, 4) is 0 Å². The van der Waals surface area contributed by atoms with Crippen LogP contribution in [0.15, 0.2) is 11.1 Å². The van der Waals surface area contributed by atoms with E-state index in [0.29, 0.717) is 6.07 Å². The van der Waals surface area contributed by atoms with Crippen LogP contribution < -0.4 is 5.14 Å². The van der Waals surface area contributed by atoms with Gasteiger partial charge >= 0.3 is 5.69 Å². The molecule has 0 bridgehead atoms. The lowest BCUT2D eigenvalue weighted by Gasteiger charge is -2.06. The number of nitrogens with zero attached hydrogens (tertiary/aromatic N) is 2. The number of hydrogen-bond acceptors (Lipinski definition) is 5. The normalized spacial score (nSPS) is 11.8. The Morgan fingerprint density at radius 2 is 2.06 bits per heavy atom. The summed E-state index contributed by atoms with van der Waals surface area (Å²) in [5, 5.41) is 14.1. The summed E-state index contributed by atoms with van der Waals surface area (Å²) in [5.41, 5.74) is -1.78. The minimum absolute atomic E-state index is 0.332. The van der Waals surface area contributed by atoms with Crippen LogP contribution in [-0.4, -0.2) is 18.3 Å². The summed E-state index contributed by atoms with van der Waals surface area (Å²) in [6.45, 7) is 0. The van der Waals surface area contributed by atoms with Gasteiger partial charge in [0.15, 0.2) is 8.73 Å². The fourth-order valence-corrected chi connectivity index (χ4v) is 2.44. The first-order chi connectivity index (χ1) is 7.64. The molecule has 1 aromatic heterocycles. The van der Waals surface area contributed by atoms with E-state index in [2.05, 4.69) is 4.98 Å². The highest BCUT2D eigenvalue weighted by molar-refractivity contribution is 14.1. The van der Waals surface area contributed by atoms with Gasteiger partial charge in [0.05, 0.1) is 10.5 Å². The minimum Gasteiger partial charge on any atom is -0.258 e. The fourth-order valence-electron chi connectivity index (χ4n) is 0.992. The van der Waals surface area contributed by atoms with E-state index in [9.17, 15) is 27.3 Å². The van der Waals surface area contributed by atoms with Crippen LogP contribution >= 0.6 is 22.6 Å². The molecular formula is C6H4F2IN3O4S. The SMILES string of the molecule is NS(=O)(=O)c1nc(I)c([N+](=O)[O-])cc1C(F)F. The van der Waals surface area contributed by atoms with Gasteiger partial charge in [0, 0.05) is 6.07 Å². The van der Waals surface area contributed by atoms with Crippen LogP contribution in [-0.2, 0) is 10.0 Å². The molecule has 0 atom stereocenters. The number of alkyl halides is 2. The average molecular weight is 379 g/mol. The third-order valence-electron chi connectivity index (χ3n) is 1.65. The number of pyridine rings is 1. The second-order valence-electron chi connectivity index (χ2n) is 2.80. The lowest BCUT2D eigenvalue weighted by atomic mass is 10.3. The van der Waals surface area contributed by atoms with E-state index in [4.69, 9.17) is 5.14 Å². The van der Waals surface area contributed by atoms with Crippen molar-refractivity contribution in [1.82, 2.24) is 4.98 Å². The number of hydrogen-bond donors (Lipinski definition) is 1. The van der Waals surface area contributed by atoms with Gasteiger partial charge in [-0.05, 0) is 22.6 Å². The molecule has 0 radical (unpaired) electrons. The Labute approximate surface area is 107 Å². The predicted octanol–water partition coefficient (Wildman–Crippen LogP) is 1.18. The first-order valence-electron chi connectivity index (χ1n) is 3.80. The van der Waals surface area contributed by atoms with Gasteiger partial charge in [0.1, 0.15) is 0 Å². The molecule has 1 heterocycles. The number of halogens is 3. The predicted molar refractivity (Wildman–Crippen MR) is 59.9 cm³/mol. The second kappa shape index (κ2) is 4.73. The molecule has 0 aromatic carbocycles. The monoisotopic (exact) mass is 379 g/mol. The van der Waals surface area contributed by atoms with Crippen molar-refractivity contribution in [2.45, 2.75) is 11.5 Å². The first kappa shape index (κ1) is 14.1. The quantitative estimate of drug-likeness (QED) is 0.366. The Balaban J connectivity index is 3.64. The lowest BCUT2D eigenvalue weighted by molar-refractivity contribution is -0.386. The van der Waals surface area contributed by atoms with Crippen molar-refractivity contribution in [2.75, 3.05) is 0 Å². The number of aromatic nitrogens is 1. The van der Waals surface area contributed by atoms with Crippen molar-refractivity contribution in [3.05, 3.63) is 25.4 Å². The van der Waals surface area contributed by atoms with Gasteiger partial charge in [-0.15, -0.1) is 0 Å². The van der Waals surface area contributed by atoms with Crippen LogP contribution in [0.3, 0.4) is 0 Å².